The summed E-state index contributed by atoms with van der Waals surface area (Å²) in [7, 11) is 0. The highest BCUT2D eigenvalue weighted by molar-refractivity contribution is 5.99. The van der Waals surface area contributed by atoms with Gasteiger partial charge in [-0.25, -0.2) is 4.79 Å². The molecule has 0 bridgehead atoms. The Labute approximate surface area is 261 Å². The Bertz CT molecular complexity index is 1820. The Hall–Kier alpha value is -4.96. The van der Waals surface area contributed by atoms with Crippen LogP contribution in [0.15, 0.2) is 120 Å². The van der Waals surface area contributed by atoms with Crippen molar-refractivity contribution in [2.75, 3.05) is 0 Å². The van der Waals surface area contributed by atoms with Crippen LogP contribution in [0.25, 0.3) is 27.5 Å². The number of allylic oxidation sites excluding steroid dienone is 2. The summed E-state index contributed by atoms with van der Waals surface area (Å²) in [4.78, 5) is 15.9. The standard InChI is InChI=1S/C25H28N2.C15H14O2/c1-16(2)18(4)24-15-21(14-13-17(24)3)25(26)27-19(5)22-12-8-10-20-9-6-7-11-23(20)22;1-2-11-7-9-12(10-8-11)13-5-3-4-6-14(13)15(16)17/h6-15,19H,1-5H3,(H2,26,27);3-10H,2H2,1H3,(H,16,17). The highest BCUT2D eigenvalue weighted by atomic mass is 16.4. The predicted molar refractivity (Wildman–Crippen MR) is 186 cm³/mol. The largest absolute Gasteiger partial charge is 0.478 e. The maximum atomic E-state index is 11.1. The molecule has 1 atom stereocenters. The number of aromatic carboxylic acids is 1. The second-order valence-corrected chi connectivity index (χ2v) is 11.3. The molecule has 0 radical (unpaired) electrons. The number of carboxylic acid groups (broad SMARTS) is 1. The molecular weight excluding hydrogens is 540 g/mol. The van der Waals surface area contributed by atoms with Crippen LogP contribution in [0.4, 0.5) is 0 Å². The fourth-order valence-corrected chi connectivity index (χ4v) is 5.26. The van der Waals surface area contributed by atoms with Crippen LogP contribution >= 0.6 is 0 Å². The number of amidine groups is 1. The lowest BCUT2D eigenvalue weighted by atomic mass is 9.96. The molecule has 0 saturated carbocycles. The van der Waals surface area contributed by atoms with Crippen LogP contribution in [-0.4, -0.2) is 16.9 Å². The SMILES string of the molecule is CC(C)=C(C)c1cc(C(N)=NC(C)c2cccc3ccccc23)ccc1C.CCc1ccc(-c2ccccc2C(=O)O)cc1. The molecule has 5 aromatic carbocycles. The van der Waals surface area contributed by atoms with E-state index in [1.54, 1.807) is 12.1 Å². The molecular formula is C40H42N2O2. The minimum Gasteiger partial charge on any atom is -0.478 e. The van der Waals surface area contributed by atoms with Gasteiger partial charge >= 0.3 is 5.97 Å². The van der Waals surface area contributed by atoms with E-state index in [2.05, 4.69) is 102 Å². The molecule has 4 heteroatoms. The normalized spacial score (nSPS) is 11.8. The average Bonchev–Trinajstić information content (AvgIpc) is 3.04. The molecule has 1 unspecified atom stereocenters. The molecule has 0 fully saturated rings. The van der Waals surface area contributed by atoms with E-state index in [4.69, 9.17) is 15.8 Å². The van der Waals surface area contributed by atoms with Gasteiger partial charge in [-0.2, -0.15) is 0 Å². The number of aliphatic imine (C=N–C) groups is 1. The van der Waals surface area contributed by atoms with E-state index >= 15 is 0 Å². The molecule has 224 valence electrons. The molecule has 0 aliphatic heterocycles. The Kier molecular flexibility index (Phi) is 10.5. The molecule has 0 aliphatic carbocycles. The highest BCUT2D eigenvalue weighted by Gasteiger charge is 2.12. The van der Waals surface area contributed by atoms with Crippen molar-refractivity contribution in [3.05, 3.63) is 148 Å². The minimum atomic E-state index is -0.889. The van der Waals surface area contributed by atoms with Crippen molar-refractivity contribution in [3.63, 3.8) is 0 Å². The number of rotatable bonds is 7. The van der Waals surface area contributed by atoms with Crippen LogP contribution < -0.4 is 5.73 Å². The predicted octanol–water partition coefficient (Wildman–Crippen LogP) is 10.0. The average molecular weight is 583 g/mol. The summed E-state index contributed by atoms with van der Waals surface area (Å²) < 4.78 is 0. The number of aryl methyl sites for hydroxylation is 2. The first-order valence-electron chi connectivity index (χ1n) is 15.1. The Balaban J connectivity index is 0.000000223. The van der Waals surface area contributed by atoms with Crippen LogP contribution in [0, 0.1) is 6.92 Å². The summed E-state index contributed by atoms with van der Waals surface area (Å²) in [5.74, 6) is -0.307. The van der Waals surface area contributed by atoms with Crippen LogP contribution in [0.5, 0.6) is 0 Å². The molecule has 5 aromatic rings. The number of hydrogen-bond donors (Lipinski definition) is 2. The first-order valence-corrected chi connectivity index (χ1v) is 15.1. The second kappa shape index (κ2) is 14.5. The van der Waals surface area contributed by atoms with Gasteiger partial charge in [0.15, 0.2) is 0 Å². The van der Waals surface area contributed by atoms with Gasteiger partial charge in [-0.1, -0.05) is 110 Å². The molecule has 5 rings (SSSR count). The maximum absolute atomic E-state index is 11.1. The van der Waals surface area contributed by atoms with Crippen molar-refractivity contribution in [3.8, 4) is 11.1 Å². The van der Waals surface area contributed by atoms with Gasteiger partial charge in [-0.15, -0.1) is 0 Å². The quantitative estimate of drug-likeness (QED) is 0.148. The summed E-state index contributed by atoms with van der Waals surface area (Å²) in [5.41, 5.74) is 17.0. The van der Waals surface area contributed by atoms with E-state index in [0.29, 0.717) is 11.4 Å². The number of carbonyl (C=O) groups is 1. The monoisotopic (exact) mass is 582 g/mol. The zero-order chi connectivity index (χ0) is 31.8. The topological polar surface area (TPSA) is 75.7 Å². The van der Waals surface area contributed by atoms with Crippen LogP contribution in [0.2, 0.25) is 0 Å². The van der Waals surface area contributed by atoms with Crippen molar-refractivity contribution in [1.82, 2.24) is 0 Å². The lowest BCUT2D eigenvalue weighted by Gasteiger charge is -2.14. The molecule has 0 spiro atoms. The lowest BCUT2D eigenvalue weighted by Crippen LogP contribution is -2.15. The number of fused-ring (bicyclic) bond motifs is 1. The van der Waals surface area contributed by atoms with Crippen molar-refractivity contribution in [1.29, 1.82) is 0 Å². The van der Waals surface area contributed by atoms with Crippen molar-refractivity contribution in [2.45, 2.75) is 54.0 Å². The molecule has 44 heavy (non-hydrogen) atoms. The Morgan fingerprint density at radius 2 is 1.48 bits per heavy atom. The van der Waals surface area contributed by atoms with Gasteiger partial charge in [0.25, 0.3) is 0 Å². The van der Waals surface area contributed by atoms with Gasteiger partial charge in [0.1, 0.15) is 5.84 Å². The zero-order valence-corrected chi connectivity index (χ0v) is 26.6. The molecule has 3 N–H and O–H groups in total. The molecule has 0 heterocycles. The first kappa shape index (κ1) is 32.0. The van der Waals surface area contributed by atoms with Crippen LogP contribution in [0.1, 0.15) is 78.8 Å². The van der Waals surface area contributed by atoms with E-state index in [1.807, 2.05) is 36.4 Å². The van der Waals surface area contributed by atoms with Crippen molar-refractivity contribution < 1.29 is 9.90 Å². The van der Waals surface area contributed by atoms with Crippen LogP contribution in [-0.2, 0) is 6.42 Å². The summed E-state index contributed by atoms with van der Waals surface area (Å²) in [6.07, 6.45) is 0.987. The van der Waals surface area contributed by atoms with Crippen molar-refractivity contribution in [2.24, 2.45) is 10.7 Å². The Morgan fingerprint density at radius 3 is 2.16 bits per heavy atom. The lowest BCUT2D eigenvalue weighted by molar-refractivity contribution is 0.0697. The smallest absolute Gasteiger partial charge is 0.336 e. The van der Waals surface area contributed by atoms with E-state index in [9.17, 15) is 4.79 Å². The zero-order valence-electron chi connectivity index (χ0n) is 26.6. The summed E-state index contributed by atoms with van der Waals surface area (Å²) >= 11 is 0. The summed E-state index contributed by atoms with van der Waals surface area (Å²) in [5, 5.41) is 11.6. The van der Waals surface area contributed by atoms with Gasteiger partial charge in [-0.05, 0) is 103 Å². The second-order valence-electron chi connectivity index (χ2n) is 11.3. The third-order valence-corrected chi connectivity index (χ3v) is 8.12. The number of nitrogens with zero attached hydrogens (tertiary/aromatic N) is 1. The molecule has 0 aliphatic rings. The highest BCUT2D eigenvalue weighted by Crippen LogP contribution is 2.28. The molecule has 0 amide bonds. The number of carboxylic acids is 1. The summed E-state index contributed by atoms with van der Waals surface area (Å²) in [6.45, 7) is 12.8. The van der Waals surface area contributed by atoms with Gasteiger partial charge in [0, 0.05) is 5.56 Å². The number of nitrogens with two attached hydrogens (primary N) is 1. The van der Waals surface area contributed by atoms with E-state index < -0.39 is 5.97 Å². The van der Waals surface area contributed by atoms with Gasteiger partial charge < -0.3 is 10.8 Å². The fraction of sp³-hybridized carbons (Fsp3) is 0.200. The molecule has 4 nitrogen and oxygen atoms in total. The van der Waals surface area contributed by atoms with E-state index in [0.717, 1.165) is 23.1 Å². The summed E-state index contributed by atoms with van der Waals surface area (Å²) in [6, 6.07) is 36.2. The number of benzene rings is 5. The maximum Gasteiger partial charge on any atom is 0.336 e. The number of hydrogen-bond acceptors (Lipinski definition) is 2. The van der Waals surface area contributed by atoms with Gasteiger partial charge in [-0.3, -0.25) is 4.99 Å². The van der Waals surface area contributed by atoms with Crippen LogP contribution in [0.3, 0.4) is 0 Å². The first-order chi connectivity index (χ1) is 21.1. The van der Waals surface area contributed by atoms with Gasteiger partial charge in [0.05, 0.1) is 11.6 Å². The third-order valence-electron chi connectivity index (χ3n) is 8.12. The van der Waals surface area contributed by atoms with E-state index in [-0.39, 0.29) is 6.04 Å². The Morgan fingerprint density at radius 1 is 0.818 bits per heavy atom. The van der Waals surface area contributed by atoms with E-state index in [1.165, 1.54) is 44.2 Å². The fourth-order valence-electron chi connectivity index (χ4n) is 5.26. The molecule has 0 saturated heterocycles. The third kappa shape index (κ3) is 7.51. The van der Waals surface area contributed by atoms with Gasteiger partial charge in [0.2, 0.25) is 0 Å². The minimum absolute atomic E-state index is 0.00889. The van der Waals surface area contributed by atoms with Crippen molar-refractivity contribution >= 4 is 28.2 Å². The molecule has 0 aromatic heterocycles.